The highest BCUT2D eigenvalue weighted by molar-refractivity contribution is 5.83. The maximum atomic E-state index is 11.3. The predicted molar refractivity (Wildman–Crippen MR) is 47.1 cm³/mol. The molecule has 12 heavy (non-hydrogen) atoms. The zero-order chi connectivity index (χ0) is 8.55. The zero-order valence-corrected chi connectivity index (χ0v) is 6.66. The molecule has 0 radical (unpaired) electrons. The van der Waals surface area contributed by atoms with Crippen molar-refractivity contribution in [1.82, 2.24) is 10.2 Å². The van der Waals surface area contributed by atoms with Crippen LogP contribution in [0.3, 0.4) is 0 Å². The van der Waals surface area contributed by atoms with Gasteiger partial charge in [-0.15, -0.1) is 0 Å². The first-order valence-electron chi connectivity index (χ1n) is 3.72. The van der Waals surface area contributed by atoms with Crippen LogP contribution in [0.25, 0.3) is 10.8 Å². The van der Waals surface area contributed by atoms with E-state index in [2.05, 4.69) is 10.2 Å². The van der Waals surface area contributed by atoms with Gasteiger partial charge in [0.1, 0.15) is 0 Å². The second-order valence-corrected chi connectivity index (χ2v) is 2.74. The van der Waals surface area contributed by atoms with E-state index in [9.17, 15) is 4.79 Å². The first-order valence-corrected chi connectivity index (χ1v) is 3.72. The summed E-state index contributed by atoms with van der Waals surface area (Å²) in [4.78, 5) is 11.3. The standard InChI is InChI=1S/C9H8N2O/c1-6-3-2-4-7-5-10-11-9(12)8(6)7/h2-5H,1H3,(H,11,12). The van der Waals surface area contributed by atoms with Crippen LogP contribution in [-0.2, 0) is 0 Å². The number of nitrogens with one attached hydrogen (secondary N) is 1. The fourth-order valence-corrected chi connectivity index (χ4v) is 1.32. The van der Waals surface area contributed by atoms with Crippen LogP contribution in [0, 0.1) is 6.92 Å². The van der Waals surface area contributed by atoms with Crippen LogP contribution in [-0.4, -0.2) is 10.2 Å². The van der Waals surface area contributed by atoms with Gasteiger partial charge in [-0.25, -0.2) is 5.10 Å². The molecular formula is C9H8N2O. The summed E-state index contributed by atoms with van der Waals surface area (Å²) in [6.45, 7) is 1.91. The summed E-state index contributed by atoms with van der Waals surface area (Å²) in [7, 11) is 0. The molecule has 0 aliphatic carbocycles. The third-order valence-corrected chi connectivity index (χ3v) is 1.90. The minimum absolute atomic E-state index is 0.120. The van der Waals surface area contributed by atoms with Crippen molar-refractivity contribution in [3.63, 3.8) is 0 Å². The molecule has 3 heteroatoms. The summed E-state index contributed by atoms with van der Waals surface area (Å²) in [5.41, 5.74) is 0.863. The van der Waals surface area contributed by atoms with Gasteiger partial charge in [-0.05, 0) is 12.5 Å². The van der Waals surface area contributed by atoms with Gasteiger partial charge >= 0.3 is 0 Å². The molecule has 3 nitrogen and oxygen atoms in total. The summed E-state index contributed by atoms with van der Waals surface area (Å²) in [5, 5.41) is 7.74. The van der Waals surface area contributed by atoms with E-state index in [-0.39, 0.29) is 5.56 Å². The molecule has 0 saturated carbocycles. The van der Waals surface area contributed by atoms with Crippen LogP contribution in [0.5, 0.6) is 0 Å². The maximum absolute atomic E-state index is 11.3. The zero-order valence-electron chi connectivity index (χ0n) is 6.66. The van der Waals surface area contributed by atoms with Crippen molar-refractivity contribution in [2.45, 2.75) is 6.92 Å². The fraction of sp³-hybridized carbons (Fsp3) is 0.111. The molecule has 0 aliphatic rings. The van der Waals surface area contributed by atoms with E-state index < -0.39 is 0 Å². The van der Waals surface area contributed by atoms with Gasteiger partial charge in [-0.3, -0.25) is 4.79 Å². The third-order valence-electron chi connectivity index (χ3n) is 1.90. The van der Waals surface area contributed by atoms with Gasteiger partial charge in [-0.2, -0.15) is 5.10 Å². The molecule has 60 valence electrons. The first kappa shape index (κ1) is 7.03. The lowest BCUT2D eigenvalue weighted by atomic mass is 10.1. The lowest BCUT2D eigenvalue weighted by molar-refractivity contribution is 1.01. The summed E-state index contributed by atoms with van der Waals surface area (Å²) in [6.07, 6.45) is 1.66. The molecular weight excluding hydrogens is 152 g/mol. The van der Waals surface area contributed by atoms with Gasteiger partial charge in [0.15, 0.2) is 0 Å². The number of H-pyrrole nitrogens is 1. The molecule has 0 aliphatic heterocycles. The Morgan fingerprint density at radius 2 is 2.25 bits per heavy atom. The van der Waals surface area contributed by atoms with Crippen LogP contribution < -0.4 is 5.56 Å². The Labute approximate surface area is 69.0 Å². The molecule has 0 atom stereocenters. The van der Waals surface area contributed by atoms with Crippen molar-refractivity contribution in [1.29, 1.82) is 0 Å². The van der Waals surface area contributed by atoms with Crippen molar-refractivity contribution in [3.05, 3.63) is 40.3 Å². The Balaban J connectivity index is 3.07. The third kappa shape index (κ3) is 0.906. The molecule has 2 aromatic rings. The Morgan fingerprint density at radius 1 is 1.42 bits per heavy atom. The van der Waals surface area contributed by atoms with Gasteiger partial charge in [0.25, 0.3) is 5.56 Å². The SMILES string of the molecule is Cc1cccc2cn[nH]c(=O)c12. The van der Waals surface area contributed by atoms with Crippen molar-refractivity contribution < 1.29 is 0 Å². The highest BCUT2D eigenvalue weighted by Crippen LogP contribution is 2.11. The largest absolute Gasteiger partial charge is 0.272 e. The number of aryl methyl sites for hydroxylation is 1. The molecule has 0 saturated heterocycles. The van der Waals surface area contributed by atoms with E-state index >= 15 is 0 Å². The number of benzene rings is 1. The van der Waals surface area contributed by atoms with Crippen molar-refractivity contribution in [3.8, 4) is 0 Å². The van der Waals surface area contributed by atoms with Crippen LogP contribution in [0.2, 0.25) is 0 Å². The van der Waals surface area contributed by atoms with E-state index in [4.69, 9.17) is 0 Å². The molecule has 1 aromatic carbocycles. The topological polar surface area (TPSA) is 45.8 Å². The Kier molecular flexibility index (Phi) is 1.43. The second kappa shape index (κ2) is 2.44. The molecule has 0 spiro atoms. The molecule has 0 fully saturated rings. The number of aromatic nitrogens is 2. The van der Waals surface area contributed by atoms with E-state index in [1.165, 1.54) is 0 Å². The smallest absolute Gasteiger partial charge is 0.267 e. The van der Waals surface area contributed by atoms with Crippen molar-refractivity contribution in [2.75, 3.05) is 0 Å². The number of hydrogen-bond donors (Lipinski definition) is 1. The number of rotatable bonds is 0. The number of nitrogens with zero attached hydrogens (tertiary/aromatic N) is 1. The molecule has 0 unspecified atom stereocenters. The van der Waals surface area contributed by atoms with Gasteiger partial charge < -0.3 is 0 Å². The van der Waals surface area contributed by atoms with Gasteiger partial charge in [0.2, 0.25) is 0 Å². The van der Waals surface area contributed by atoms with Gasteiger partial charge in [0, 0.05) is 5.39 Å². The normalized spacial score (nSPS) is 10.4. The van der Waals surface area contributed by atoms with Crippen LogP contribution in [0.4, 0.5) is 0 Å². The lowest BCUT2D eigenvalue weighted by Gasteiger charge is -1.97. The minimum Gasteiger partial charge on any atom is -0.267 e. The Bertz CT molecular complexity index is 468. The van der Waals surface area contributed by atoms with Crippen molar-refractivity contribution in [2.24, 2.45) is 0 Å². The Hall–Kier alpha value is -1.64. The summed E-state index contributed by atoms with van der Waals surface area (Å²) >= 11 is 0. The number of aromatic amines is 1. The molecule has 0 bridgehead atoms. The van der Waals surface area contributed by atoms with Crippen LogP contribution in [0.15, 0.2) is 29.2 Å². The minimum atomic E-state index is -0.120. The van der Waals surface area contributed by atoms with E-state index in [0.29, 0.717) is 0 Å². The monoisotopic (exact) mass is 160 g/mol. The van der Waals surface area contributed by atoms with E-state index in [1.54, 1.807) is 6.20 Å². The highest BCUT2D eigenvalue weighted by atomic mass is 16.1. The lowest BCUT2D eigenvalue weighted by Crippen LogP contribution is -2.08. The number of hydrogen-bond acceptors (Lipinski definition) is 2. The summed E-state index contributed by atoms with van der Waals surface area (Å²) in [5.74, 6) is 0. The summed E-state index contributed by atoms with van der Waals surface area (Å²) < 4.78 is 0. The van der Waals surface area contributed by atoms with Crippen molar-refractivity contribution >= 4 is 10.8 Å². The fourth-order valence-electron chi connectivity index (χ4n) is 1.32. The average molecular weight is 160 g/mol. The molecule has 1 heterocycles. The number of fused-ring (bicyclic) bond motifs is 1. The predicted octanol–water partition coefficient (Wildman–Crippen LogP) is 1.23. The second-order valence-electron chi connectivity index (χ2n) is 2.74. The quantitative estimate of drug-likeness (QED) is 0.630. The van der Waals surface area contributed by atoms with Crippen LogP contribution >= 0.6 is 0 Å². The highest BCUT2D eigenvalue weighted by Gasteiger charge is 1.99. The van der Waals surface area contributed by atoms with Gasteiger partial charge in [-0.1, -0.05) is 18.2 Å². The molecule has 1 N–H and O–H groups in total. The molecule has 0 amide bonds. The van der Waals surface area contributed by atoms with Crippen LogP contribution in [0.1, 0.15) is 5.56 Å². The maximum Gasteiger partial charge on any atom is 0.272 e. The first-order chi connectivity index (χ1) is 5.79. The summed E-state index contributed by atoms with van der Waals surface area (Å²) in [6, 6.07) is 5.71. The van der Waals surface area contributed by atoms with E-state index in [0.717, 1.165) is 16.3 Å². The van der Waals surface area contributed by atoms with Gasteiger partial charge in [0.05, 0.1) is 11.6 Å². The average Bonchev–Trinajstić information content (AvgIpc) is 2.04. The molecule has 1 aromatic heterocycles. The Morgan fingerprint density at radius 3 is 3.00 bits per heavy atom. The molecule has 2 rings (SSSR count). The van der Waals surface area contributed by atoms with E-state index in [1.807, 2.05) is 25.1 Å².